The summed E-state index contributed by atoms with van der Waals surface area (Å²) in [6, 6.07) is 3.80. The summed E-state index contributed by atoms with van der Waals surface area (Å²) in [4.78, 5) is 13.1. The van der Waals surface area contributed by atoms with Gasteiger partial charge < -0.3 is 14.5 Å². The van der Waals surface area contributed by atoms with Crippen LogP contribution in [0.2, 0.25) is 18.1 Å². The highest BCUT2D eigenvalue weighted by atomic mass is 28.4. The standard InChI is InChI=1S/C25H43N5O3Si/c1-24(2,3)30-22(26-23(31)21-14-18(16-32-8)27-29(21)7)15-20(28-30)17-11-12-19(13-17)33-34(9,10)25(4,5)6/h14-15,17,19H,11-13,16H2,1-10H3,(H,26,31)/t17-,19+/m0/s1. The highest BCUT2D eigenvalue weighted by molar-refractivity contribution is 6.74. The van der Waals surface area contributed by atoms with Gasteiger partial charge in [-0.25, -0.2) is 4.68 Å². The van der Waals surface area contributed by atoms with Crippen LogP contribution in [-0.4, -0.2) is 47.0 Å². The molecule has 2 aromatic heterocycles. The number of nitrogens with zero attached hydrogens (tertiary/aromatic N) is 4. The van der Waals surface area contributed by atoms with E-state index in [1.807, 2.05) is 10.7 Å². The van der Waals surface area contributed by atoms with E-state index in [2.05, 4.69) is 65.1 Å². The van der Waals surface area contributed by atoms with Gasteiger partial charge in [-0.3, -0.25) is 9.48 Å². The molecule has 3 rings (SSSR count). The van der Waals surface area contributed by atoms with Gasteiger partial charge >= 0.3 is 0 Å². The zero-order valence-corrected chi connectivity index (χ0v) is 23.7. The third-order valence-electron chi connectivity index (χ3n) is 7.13. The summed E-state index contributed by atoms with van der Waals surface area (Å²) in [7, 11) is 1.57. The average Bonchev–Trinajstić information content (AvgIpc) is 3.39. The van der Waals surface area contributed by atoms with Gasteiger partial charge in [-0.15, -0.1) is 0 Å². The zero-order chi connectivity index (χ0) is 25.5. The molecule has 1 amide bonds. The Hall–Kier alpha value is -1.97. The number of carbonyl (C=O) groups excluding carboxylic acids is 1. The lowest BCUT2D eigenvalue weighted by Gasteiger charge is -2.38. The first-order valence-corrected chi connectivity index (χ1v) is 15.1. The number of methoxy groups -OCH3 is 1. The number of anilines is 1. The fraction of sp³-hybridized carbons (Fsp3) is 0.720. The van der Waals surface area contributed by atoms with Gasteiger partial charge in [0, 0.05) is 32.2 Å². The summed E-state index contributed by atoms with van der Waals surface area (Å²) in [6.45, 7) is 18.1. The number of rotatable bonds is 7. The topological polar surface area (TPSA) is 83.2 Å². The predicted molar refractivity (Wildman–Crippen MR) is 138 cm³/mol. The van der Waals surface area contributed by atoms with E-state index >= 15 is 0 Å². The van der Waals surface area contributed by atoms with Crippen LogP contribution in [0.4, 0.5) is 5.82 Å². The highest BCUT2D eigenvalue weighted by Gasteiger charge is 2.41. The normalized spacial score (nSPS) is 19.6. The second-order valence-corrected chi connectivity index (χ2v) is 16.8. The van der Waals surface area contributed by atoms with Gasteiger partial charge in [-0.1, -0.05) is 20.8 Å². The molecule has 2 heterocycles. The number of hydrogen-bond acceptors (Lipinski definition) is 5. The predicted octanol–water partition coefficient (Wildman–Crippen LogP) is 5.43. The van der Waals surface area contributed by atoms with Crippen molar-refractivity contribution in [1.29, 1.82) is 0 Å². The van der Waals surface area contributed by atoms with Crippen LogP contribution in [0.1, 0.15) is 88.6 Å². The molecule has 9 heteroatoms. The van der Waals surface area contributed by atoms with Crippen LogP contribution < -0.4 is 5.32 Å². The lowest BCUT2D eigenvalue weighted by atomic mass is 10.0. The fourth-order valence-corrected chi connectivity index (χ4v) is 5.65. The molecule has 0 radical (unpaired) electrons. The molecule has 1 aliphatic carbocycles. The smallest absolute Gasteiger partial charge is 0.275 e. The van der Waals surface area contributed by atoms with Crippen molar-refractivity contribution >= 4 is 20.0 Å². The molecule has 1 aliphatic rings. The molecule has 8 nitrogen and oxygen atoms in total. The van der Waals surface area contributed by atoms with Crippen LogP contribution in [0.15, 0.2) is 12.1 Å². The monoisotopic (exact) mass is 489 g/mol. The number of nitrogens with one attached hydrogen (secondary N) is 1. The van der Waals surface area contributed by atoms with E-state index in [9.17, 15) is 4.79 Å². The maximum Gasteiger partial charge on any atom is 0.275 e. The van der Waals surface area contributed by atoms with Gasteiger partial charge in [0.2, 0.25) is 0 Å². The SMILES string of the molecule is COCc1cc(C(=O)Nc2cc([C@H]3CC[C@@H](O[Si](C)(C)C(C)(C)C)C3)nn2C(C)(C)C)n(C)n1. The Morgan fingerprint density at radius 3 is 2.41 bits per heavy atom. The Bertz CT molecular complexity index is 1010. The van der Waals surface area contributed by atoms with E-state index in [-0.39, 0.29) is 22.6 Å². The van der Waals surface area contributed by atoms with Crippen LogP contribution in [0.3, 0.4) is 0 Å². The van der Waals surface area contributed by atoms with E-state index in [1.54, 1.807) is 24.9 Å². The van der Waals surface area contributed by atoms with E-state index in [0.717, 1.165) is 30.7 Å². The maximum absolute atomic E-state index is 13.1. The van der Waals surface area contributed by atoms with Crippen LogP contribution in [0.5, 0.6) is 0 Å². The average molecular weight is 490 g/mol. The first-order chi connectivity index (χ1) is 15.6. The molecule has 190 valence electrons. The van der Waals surface area contributed by atoms with E-state index < -0.39 is 8.32 Å². The minimum Gasteiger partial charge on any atom is -0.414 e. The number of carbonyl (C=O) groups is 1. The van der Waals surface area contributed by atoms with Crippen molar-refractivity contribution in [2.45, 2.75) is 103 Å². The molecule has 0 aliphatic heterocycles. The summed E-state index contributed by atoms with van der Waals surface area (Å²) in [5.41, 5.74) is 1.96. The van der Waals surface area contributed by atoms with Crippen LogP contribution in [0, 0.1) is 0 Å². The second-order valence-electron chi connectivity index (χ2n) is 12.1. The minimum atomic E-state index is -1.80. The van der Waals surface area contributed by atoms with E-state index in [0.29, 0.717) is 24.0 Å². The highest BCUT2D eigenvalue weighted by Crippen LogP contribution is 2.43. The van der Waals surface area contributed by atoms with Crippen LogP contribution >= 0.6 is 0 Å². The summed E-state index contributed by atoms with van der Waals surface area (Å²) >= 11 is 0. The number of hydrogen-bond donors (Lipinski definition) is 1. The number of aromatic nitrogens is 4. The van der Waals surface area contributed by atoms with Gasteiger partial charge in [0.05, 0.1) is 23.5 Å². The van der Waals surface area contributed by atoms with E-state index in [1.165, 1.54) is 0 Å². The van der Waals surface area contributed by atoms with Crippen molar-refractivity contribution in [3.05, 3.63) is 29.2 Å². The Labute approximate surface area is 205 Å². The van der Waals surface area contributed by atoms with Crippen molar-refractivity contribution in [2.75, 3.05) is 12.4 Å². The third kappa shape index (κ3) is 5.80. The van der Waals surface area contributed by atoms with Crippen molar-refractivity contribution in [3.8, 4) is 0 Å². The Balaban J connectivity index is 1.79. The molecule has 0 aromatic carbocycles. The summed E-state index contributed by atoms with van der Waals surface area (Å²) in [5.74, 6) is 0.828. The zero-order valence-electron chi connectivity index (χ0n) is 22.7. The van der Waals surface area contributed by atoms with Crippen molar-refractivity contribution < 1.29 is 14.0 Å². The largest absolute Gasteiger partial charge is 0.414 e. The van der Waals surface area contributed by atoms with Crippen molar-refractivity contribution in [3.63, 3.8) is 0 Å². The van der Waals surface area contributed by atoms with Gasteiger partial charge in [-0.2, -0.15) is 10.2 Å². The first kappa shape index (κ1) is 26.6. The molecule has 1 saturated carbocycles. The molecule has 2 aromatic rings. The summed E-state index contributed by atoms with van der Waals surface area (Å²) in [6.07, 6.45) is 3.36. The third-order valence-corrected chi connectivity index (χ3v) is 11.7. The summed E-state index contributed by atoms with van der Waals surface area (Å²) < 4.78 is 15.3. The second kappa shape index (κ2) is 9.58. The fourth-order valence-electron chi connectivity index (χ4n) is 4.25. The number of ether oxygens (including phenoxy) is 1. The van der Waals surface area contributed by atoms with Crippen LogP contribution in [-0.2, 0) is 28.4 Å². The molecule has 34 heavy (non-hydrogen) atoms. The quantitative estimate of drug-likeness (QED) is 0.525. The molecular weight excluding hydrogens is 446 g/mol. The first-order valence-electron chi connectivity index (χ1n) is 12.2. The molecule has 1 N–H and O–H groups in total. The van der Waals surface area contributed by atoms with Crippen LogP contribution in [0.25, 0.3) is 0 Å². The molecular formula is C25H43N5O3Si. The molecule has 2 atom stereocenters. The molecule has 0 spiro atoms. The minimum absolute atomic E-state index is 0.200. The van der Waals surface area contributed by atoms with Gasteiger partial charge in [0.15, 0.2) is 8.32 Å². The molecule has 0 bridgehead atoms. The Kier molecular flexibility index (Phi) is 7.51. The number of aryl methyl sites for hydroxylation is 1. The van der Waals surface area contributed by atoms with Gasteiger partial charge in [0.1, 0.15) is 11.5 Å². The Morgan fingerprint density at radius 2 is 1.82 bits per heavy atom. The number of amides is 1. The molecule has 0 saturated heterocycles. The Morgan fingerprint density at radius 1 is 1.15 bits per heavy atom. The molecule has 0 unspecified atom stereocenters. The van der Waals surface area contributed by atoms with Crippen molar-refractivity contribution in [1.82, 2.24) is 19.6 Å². The maximum atomic E-state index is 13.1. The summed E-state index contributed by atoms with van der Waals surface area (Å²) in [5, 5.41) is 12.6. The van der Waals surface area contributed by atoms with E-state index in [4.69, 9.17) is 14.3 Å². The van der Waals surface area contributed by atoms with Gasteiger partial charge in [0.25, 0.3) is 5.91 Å². The molecule has 1 fully saturated rings. The van der Waals surface area contributed by atoms with Gasteiger partial charge in [-0.05, 0) is 64.2 Å². The van der Waals surface area contributed by atoms with Crippen molar-refractivity contribution in [2.24, 2.45) is 7.05 Å². The lowest BCUT2D eigenvalue weighted by molar-refractivity contribution is 0.101. The lowest BCUT2D eigenvalue weighted by Crippen LogP contribution is -2.43.